The molecule has 0 saturated heterocycles. The van der Waals surface area contributed by atoms with E-state index in [0.717, 1.165) is 55.7 Å². The van der Waals surface area contributed by atoms with E-state index >= 15 is 0 Å². The second-order valence-corrected chi connectivity index (χ2v) is 14.2. The first-order chi connectivity index (χ1) is 27.3. The fourth-order valence-corrected chi connectivity index (χ4v) is 8.36. The number of anilines is 3. The number of nitrogens with zero attached hydrogens (tertiary/aromatic N) is 2. The van der Waals surface area contributed by atoms with Crippen molar-refractivity contribution in [3.8, 4) is 27.9 Å². The van der Waals surface area contributed by atoms with Crippen molar-refractivity contribution in [1.82, 2.24) is 4.57 Å². The Morgan fingerprint density at radius 1 is 0.345 bits per heavy atom. The first-order valence-electron chi connectivity index (χ1n) is 18.8. The minimum Gasteiger partial charge on any atom is -0.456 e. The molecule has 0 radical (unpaired) electrons. The summed E-state index contributed by atoms with van der Waals surface area (Å²) in [5, 5.41) is 7.19. The van der Waals surface area contributed by atoms with Gasteiger partial charge in [0.2, 0.25) is 0 Å². The van der Waals surface area contributed by atoms with E-state index in [1.807, 2.05) is 12.1 Å². The molecule has 0 saturated carbocycles. The van der Waals surface area contributed by atoms with Gasteiger partial charge >= 0.3 is 0 Å². The Kier molecular flexibility index (Phi) is 7.17. The molecule has 3 nitrogen and oxygen atoms in total. The third-order valence-electron chi connectivity index (χ3n) is 11.0. The highest BCUT2D eigenvalue weighted by Crippen LogP contribution is 2.42. The van der Waals surface area contributed by atoms with Crippen LogP contribution in [0.2, 0.25) is 0 Å². The van der Waals surface area contributed by atoms with Crippen molar-refractivity contribution in [1.29, 1.82) is 0 Å². The monoisotopic (exact) mass is 702 g/mol. The number of benzene rings is 9. The first kappa shape index (κ1) is 31.2. The summed E-state index contributed by atoms with van der Waals surface area (Å²) in [5.74, 6) is 0. The van der Waals surface area contributed by atoms with Crippen molar-refractivity contribution in [3.63, 3.8) is 0 Å². The van der Waals surface area contributed by atoms with Crippen LogP contribution in [0.15, 0.2) is 211 Å². The van der Waals surface area contributed by atoms with Gasteiger partial charge in [-0.25, -0.2) is 0 Å². The van der Waals surface area contributed by atoms with E-state index in [2.05, 4.69) is 204 Å². The molecule has 0 fully saturated rings. The van der Waals surface area contributed by atoms with Gasteiger partial charge in [0, 0.05) is 50.4 Å². The molecular formula is C52H34N2O. The average molecular weight is 703 g/mol. The number of furan rings is 1. The number of hydrogen-bond acceptors (Lipinski definition) is 2. The molecule has 55 heavy (non-hydrogen) atoms. The fraction of sp³-hybridized carbons (Fsp3) is 0. The van der Waals surface area contributed by atoms with Gasteiger partial charge in [0.15, 0.2) is 0 Å². The molecule has 258 valence electrons. The number of fused-ring (bicyclic) bond motifs is 8. The molecule has 0 N–H and O–H groups in total. The minimum absolute atomic E-state index is 0.881. The van der Waals surface area contributed by atoms with Gasteiger partial charge < -0.3 is 13.9 Å². The van der Waals surface area contributed by atoms with Crippen LogP contribution in [-0.2, 0) is 0 Å². The summed E-state index contributed by atoms with van der Waals surface area (Å²) in [6.07, 6.45) is 0. The van der Waals surface area contributed by atoms with E-state index in [9.17, 15) is 0 Å². The number of aromatic nitrogens is 1. The van der Waals surface area contributed by atoms with Crippen LogP contribution in [0.4, 0.5) is 17.1 Å². The largest absolute Gasteiger partial charge is 0.456 e. The van der Waals surface area contributed by atoms with Gasteiger partial charge in [0.25, 0.3) is 0 Å². The molecule has 11 rings (SSSR count). The maximum absolute atomic E-state index is 6.41. The summed E-state index contributed by atoms with van der Waals surface area (Å²) in [4.78, 5) is 2.35. The Balaban J connectivity index is 1.07. The fourth-order valence-electron chi connectivity index (χ4n) is 8.36. The molecule has 0 unspecified atom stereocenters. The maximum Gasteiger partial charge on any atom is 0.137 e. The second-order valence-electron chi connectivity index (χ2n) is 14.2. The summed E-state index contributed by atoms with van der Waals surface area (Å²) >= 11 is 0. The van der Waals surface area contributed by atoms with E-state index < -0.39 is 0 Å². The van der Waals surface area contributed by atoms with E-state index in [1.54, 1.807) is 0 Å². The topological polar surface area (TPSA) is 21.3 Å². The maximum atomic E-state index is 6.41. The molecule has 0 bridgehead atoms. The van der Waals surface area contributed by atoms with Crippen LogP contribution in [0.5, 0.6) is 0 Å². The van der Waals surface area contributed by atoms with Gasteiger partial charge in [-0.2, -0.15) is 0 Å². The van der Waals surface area contributed by atoms with E-state index in [-0.39, 0.29) is 0 Å². The van der Waals surface area contributed by atoms with Crippen molar-refractivity contribution in [2.45, 2.75) is 0 Å². The molecule has 9 aromatic carbocycles. The molecule has 0 aliphatic carbocycles. The first-order valence-corrected chi connectivity index (χ1v) is 18.8. The Morgan fingerprint density at radius 2 is 0.909 bits per heavy atom. The Morgan fingerprint density at radius 3 is 1.67 bits per heavy atom. The highest BCUT2D eigenvalue weighted by Gasteiger charge is 2.20. The average Bonchev–Trinajstić information content (AvgIpc) is 3.80. The quantitative estimate of drug-likeness (QED) is 0.172. The van der Waals surface area contributed by atoms with Crippen LogP contribution < -0.4 is 4.90 Å². The van der Waals surface area contributed by atoms with E-state index in [4.69, 9.17) is 4.42 Å². The van der Waals surface area contributed by atoms with Crippen LogP contribution in [0.25, 0.3) is 82.5 Å². The van der Waals surface area contributed by atoms with Gasteiger partial charge in [-0.1, -0.05) is 140 Å². The third kappa shape index (κ3) is 5.20. The van der Waals surface area contributed by atoms with Crippen LogP contribution in [-0.4, -0.2) is 4.57 Å². The molecule has 2 aromatic heterocycles. The third-order valence-corrected chi connectivity index (χ3v) is 11.0. The molecule has 0 atom stereocenters. The zero-order chi connectivity index (χ0) is 36.3. The standard InChI is InChI=1S/C52H34N2O/c1-3-11-35(12-4-1)36-19-21-37(22-20-36)38-23-26-41(27-24-38)53(40-14-5-2-6-15-40)42-29-31-47-49(33-42)54(48-32-25-39-13-7-8-16-44(39)52(47)48)43-28-30-46-45-17-9-10-18-50(45)55-51(46)34-43/h1-34H. The number of rotatable bonds is 6. The minimum atomic E-state index is 0.881. The summed E-state index contributed by atoms with van der Waals surface area (Å²) in [7, 11) is 0. The SMILES string of the molecule is c1ccc(-c2ccc(-c3ccc(N(c4ccccc4)c4ccc5c6c7ccccc7ccc6n(-c6ccc7c(c6)oc6ccccc67)c5c4)cc3)cc2)cc1. The molecule has 0 aliphatic heterocycles. The van der Waals surface area contributed by atoms with Crippen molar-refractivity contribution < 1.29 is 4.42 Å². The lowest BCUT2D eigenvalue weighted by atomic mass is 10.00. The predicted molar refractivity (Wildman–Crippen MR) is 231 cm³/mol. The second kappa shape index (κ2) is 12.6. The molecule has 11 aromatic rings. The lowest BCUT2D eigenvalue weighted by Gasteiger charge is -2.26. The molecule has 0 aliphatic rings. The predicted octanol–water partition coefficient (Wildman–Crippen LogP) is 14.6. The molecule has 0 spiro atoms. The van der Waals surface area contributed by atoms with E-state index in [1.165, 1.54) is 43.8 Å². The molecule has 0 amide bonds. The molecule has 2 heterocycles. The lowest BCUT2D eigenvalue weighted by molar-refractivity contribution is 0.668. The van der Waals surface area contributed by atoms with Gasteiger partial charge in [-0.05, 0) is 93.7 Å². The van der Waals surface area contributed by atoms with Crippen LogP contribution >= 0.6 is 0 Å². The molecular weight excluding hydrogens is 669 g/mol. The van der Waals surface area contributed by atoms with Gasteiger partial charge in [-0.15, -0.1) is 0 Å². The summed E-state index contributed by atoms with van der Waals surface area (Å²) in [6.45, 7) is 0. The van der Waals surface area contributed by atoms with Gasteiger partial charge in [0.1, 0.15) is 11.2 Å². The summed E-state index contributed by atoms with van der Waals surface area (Å²) in [6, 6.07) is 73.9. The zero-order valence-corrected chi connectivity index (χ0v) is 29.9. The normalized spacial score (nSPS) is 11.6. The van der Waals surface area contributed by atoms with Crippen molar-refractivity contribution in [3.05, 3.63) is 206 Å². The Bertz CT molecular complexity index is 3180. The van der Waals surface area contributed by atoms with E-state index in [0.29, 0.717) is 0 Å². The number of hydrogen-bond donors (Lipinski definition) is 0. The molecule has 3 heteroatoms. The van der Waals surface area contributed by atoms with Crippen LogP contribution in [0.1, 0.15) is 0 Å². The smallest absolute Gasteiger partial charge is 0.137 e. The van der Waals surface area contributed by atoms with Crippen molar-refractivity contribution in [2.24, 2.45) is 0 Å². The summed E-state index contributed by atoms with van der Waals surface area (Å²) in [5.41, 5.74) is 13.2. The number of para-hydroxylation sites is 2. The Labute approximate surface area is 318 Å². The van der Waals surface area contributed by atoms with Crippen LogP contribution in [0.3, 0.4) is 0 Å². The van der Waals surface area contributed by atoms with Crippen molar-refractivity contribution in [2.75, 3.05) is 4.90 Å². The van der Waals surface area contributed by atoms with Crippen molar-refractivity contribution >= 4 is 71.6 Å². The van der Waals surface area contributed by atoms with Crippen LogP contribution in [0, 0.1) is 0 Å². The highest BCUT2D eigenvalue weighted by atomic mass is 16.3. The lowest BCUT2D eigenvalue weighted by Crippen LogP contribution is -2.10. The highest BCUT2D eigenvalue weighted by molar-refractivity contribution is 6.22. The summed E-state index contributed by atoms with van der Waals surface area (Å²) < 4.78 is 8.81. The van der Waals surface area contributed by atoms with Gasteiger partial charge in [-0.3, -0.25) is 0 Å². The zero-order valence-electron chi connectivity index (χ0n) is 29.9. The Hall–Kier alpha value is -7.36. The van der Waals surface area contributed by atoms with Gasteiger partial charge in [0.05, 0.1) is 11.0 Å².